The number of allylic oxidation sites excluding steroid dienone is 1. The average molecular weight is 557 g/mol. The summed E-state index contributed by atoms with van der Waals surface area (Å²) in [6, 6.07) is 18.6. The maximum absolute atomic E-state index is 14.1. The third-order valence-corrected chi connectivity index (χ3v) is 7.57. The number of ether oxygens (including phenoxy) is 3. The predicted octanol–water partition coefficient (Wildman–Crippen LogP) is 5.14. The number of hydrogen-bond donors (Lipinski definition) is 0. The van der Waals surface area contributed by atoms with Gasteiger partial charge < -0.3 is 14.2 Å². The van der Waals surface area contributed by atoms with E-state index in [1.807, 2.05) is 80.6 Å². The number of carbonyl (C=O) groups is 1. The maximum Gasteiger partial charge on any atom is 0.338 e. The van der Waals surface area contributed by atoms with Crippen LogP contribution in [0.25, 0.3) is 16.8 Å². The van der Waals surface area contributed by atoms with Crippen LogP contribution in [-0.4, -0.2) is 29.9 Å². The molecular formula is C32H32N2O5S. The van der Waals surface area contributed by atoms with Crippen LogP contribution in [0.3, 0.4) is 0 Å². The molecule has 5 rings (SSSR count). The highest BCUT2D eigenvalue weighted by Gasteiger charge is 2.34. The van der Waals surface area contributed by atoms with Gasteiger partial charge in [-0.2, -0.15) is 0 Å². The van der Waals surface area contributed by atoms with Crippen molar-refractivity contribution in [3.8, 4) is 11.5 Å². The van der Waals surface area contributed by atoms with E-state index in [-0.39, 0.29) is 17.8 Å². The number of esters is 1. The molecule has 1 aromatic heterocycles. The first kappa shape index (κ1) is 27.4. The Labute approximate surface area is 236 Å². The van der Waals surface area contributed by atoms with Gasteiger partial charge in [0.05, 0.1) is 41.2 Å². The second-order valence-electron chi connectivity index (χ2n) is 10.2. The fourth-order valence-corrected chi connectivity index (χ4v) is 5.90. The molecule has 0 unspecified atom stereocenters. The van der Waals surface area contributed by atoms with E-state index in [4.69, 9.17) is 19.2 Å². The summed E-state index contributed by atoms with van der Waals surface area (Å²) < 4.78 is 19.2. The van der Waals surface area contributed by atoms with Gasteiger partial charge in [0.25, 0.3) is 5.56 Å². The van der Waals surface area contributed by atoms with Gasteiger partial charge in [-0.1, -0.05) is 53.8 Å². The molecule has 0 radical (unpaired) electrons. The summed E-state index contributed by atoms with van der Waals surface area (Å²) in [5.74, 6) is 0.883. The van der Waals surface area contributed by atoms with Crippen LogP contribution in [0.5, 0.6) is 11.5 Å². The topological polar surface area (TPSA) is 79.1 Å². The van der Waals surface area contributed by atoms with Crippen molar-refractivity contribution in [1.29, 1.82) is 0 Å². The number of rotatable bonds is 7. The number of methoxy groups -OCH3 is 1. The van der Waals surface area contributed by atoms with Crippen molar-refractivity contribution in [2.24, 2.45) is 4.99 Å². The first-order valence-corrected chi connectivity index (χ1v) is 14.1. The molecule has 1 atom stereocenters. The van der Waals surface area contributed by atoms with Crippen LogP contribution in [0.1, 0.15) is 51.8 Å². The number of nitrogens with zero attached hydrogens (tertiary/aromatic N) is 2. The minimum atomic E-state index is -0.700. The van der Waals surface area contributed by atoms with Gasteiger partial charge in [0, 0.05) is 5.56 Å². The van der Waals surface area contributed by atoms with Crippen LogP contribution in [0.4, 0.5) is 0 Å². The van der Waals surface area contributed by atoms with Crippen LogP contribution in [-0.2, 0) is 9.53 Å². The Hall–Kier alpha value is -4.17. The molecule has 4 aromatic rings. The van der Waals surface area contributed by atoms with E-state index in [0.29, 0.717) is 32.1 Å². The number of carbonyl (C=O) groups excluding carboxylic acids is 1. The van der Waals surface area contributed by atoms with E-state index in [0.717, 1.165) is 21.9 Å². The van der Waals surface area contributed by atoms with Crippen molar-refractivity contribution >= 4 is 34.2 Å². The van der Waals surface area contributed by atoms with Crippen LogP contribution < -0.4 is 24.4 Å². The standard InChI is InChI=1S/C32H32N2O5S/c1-18(2)38-26-16-13-21-9-7-8-10-24(21)25(26)17-27-30(35)34-29(22-11-14-23(37-6)15-12-22)28(31(36)39-19(3)4)20(5)33-32(34)40-27/h7-19,29H,1-6H3/b27-17-/t29-/m0/s1. The molecule has 206 valence electrons. The normalized spacial score (nSPS) is 15.4. The Morgan fingerprint density at radius 3 is 2.40 bits per heavy atom. The van der Waals surface area contributed by atoms with E-state index in [1.165, 1.54) is 11.3 Å². The monoisotopic (exact) mass is 556 g/mol. The Kier molecular flexibility index (Phi) is 7.63. The summed E-state index contributed by atoms with van der Waals surface area (Å²) >= 11 is 1.29. The molecule has 0 saturated carbocycles. The van der Waals surface area contributed by atoms with Crippen molar-refractivity contribution in [3.63, 3.8) is 0 Å². The lowest BCUT2D eigenvalue weighted by molar-refractivity contribution is -0.143. The van der Waals surface area contributed by atoms with Gasteiger partial charge in [0.1, 0.15) is 11.5 Å². The molecule has 40 heavy (non-hydrogen) atoms. The van der Waals surface area contributed by atoms with Crippen LogP contribution >= 0.6 is 11.3 Å². The molecule has 7 nitrogen and oxygen atoms in total. The van der Waals surface area contributed by atoms with Gasteiger partial charge >= 0.3 is 5.97 Å². The molecule has 0 amide bonds. The van der Waals surface area contributed by atoms with Gasteiger partial charge in [-0.05, 0) is 75.2 Å². The number of thiazole rings is 1. The Morgan fingerprint density at radius 2 is 1.73 bits per heavy atom. The largest absolute Gasteiger partial charge is 0.497 e. The molecule has 0 bridgehead atoms. The summed E-state index contributed by atoms with van der Waals surface area (Å²) in [7, 11) is 1.60. The van der Waals surface area contributed by atoms with Gasteiger partial charge in [0.15, 0.2) is 4.80 Å². The summed E-state index contributed by atoms with van der Waals surface area (Å²) in [6.07, 6.45) is 1.52. The molecule has 1 aliphatic rings. The quantitative estimate of drug-likeness (QED) is 0.295. The number of benzene rings is 3. The van der Waals surface area contributed by atoms with Gasteiger partial charge in [-0.3, -0.25) is 9.36 Å². The lowest BCUT2D eigenvalue weighted by atomic mass is 9.96. The number of hydrogen-bond acceptors (Lipinski definition) is 7. The molecule has 0 N–H and O–H groups in total. The molecule has 0 saturated heterocycles. The maximum atomic E-state index is 14.1. The summed E-state index contributed by atoms with van der Waals surface area (Å²) in [5, 5.41) is 2.03. The number of aromatic nitrogens is 1. The molecule has 1 aliphatic heterocycles. The second kappa shape index (κ2) is 11.1. The van der Waals surface area contributed by atoms with E-state index in [1.54, 1.807) is 32.4 Å². The number of fused-ring (bicyclic) bond motifs is 2. The Morgan fingerprint density at radius 1 is 1.00 bits per heavy atom. The second-order valence-corrected chi connectivity index (χ2v) is 11.2. The van der Waals surface area contributed by atoms with Gasteiger partial charge in [-0.25, -0.2) is 9.79 Å². The van der Waals surface area contributed by atoms with Crippen LogP contribution in [0.2, 0.25) is 0 Å². The van der Waals surface area contributed by atoms with Gasteiger partial charge in [0.2, 0.25) is 0 Å². The average Bonchev–Trinajstić information content (AvgIpc) is 3.22. The van der Waals surface area contributed by atoms with Crippen molar-refractivity contribution in [3.05, 3.63) is 103 Å². The molecule has 0 aliphatic carbocycles. The summed E-state index contributed by atoms with van der Waals surface area (Å²) in [6.45, 7) is 9.33. The van der Waals surface area contributed by atoms with Crippen molar-refractivity contribution in [2.75, 3.05) is 7.11 Å². The minimum absolute atomic E-state index is 0.0400. The predicted molar refractivity (Wildman–Crippen MR) is 158 cm³/mol. The minimum Gasteiger partial charge on any atom is -0.497 e. The third kappa shape index (κ3) is 5.19. The van der Waals surface area contributed by atoms with Crippen molar-refractivity contribution in [2.45, 2.75) is 52.9 Å². The van der Waals surface area contributed by atoms with E-state index < -0.39 is 12.0 Å². The third-order valence-electron chi connectivity index (χ3n) is 6.58. The Bertz CT molecular complexity index is 1800. The first-order valence-electron chi connectivity index (χ1n) is 13.2. The lowest BCUT2D eigenvalue weighted by Gasteiger charge is -2.25. The summed E-state index contributed by atoms with van der Waals surface area (Å²) in [5.41, 5.74) is 2.20. The van der Waals surface area contributed by atoms with Crippen LogP contribution in [0, 0.1) is 0 Å². The zero-order valence-corrected chi connectivity index (χ0v) is 24.2. The summed E-state index contributed by atoms with van der Waals surface area (Å²) in [4.78, 5) is 32.7. The zero-order valence-electron chi connectivity index (χ0n) is 23.4. The lowest BCUT2D eigenvalue weighted by Crippen LogP contribution is -2.40. The van der Waals surface area contributed by atoms with Crippen molar-refractivity contribution < 1.29 is 19.0 Å². The molecule has 3 aromatic carbocycles. The van der Waals surface area contributed by atoms with E-state index in [2.05, 4.69) is 0 Å². The molecule has 2 heterocycles. The first-order chi connectivity index (χ1) is 19.2. The zero-order chi connectivity index (χ0) is 28.6. The van der Waals surface area contributed by atoms with E-state index in [9.17, 15) is 9.59 Å². The smallest absolute Gasteiger partial charge is 0.338 e. The highest BCUT2D eigenvalue weighted by molar-refractivity contribution is 7.07. The fourth-order valence-electron chi connectivity index (χ4n) is 4.87. The molecule has 8 heteroatoms. The van der Waals surface area contributed by atoms with E-state index >= 15 is 0 Å². The Balaban J connectivity index is 1.76. The highest BCUT2D eigenvalue weighted by atomic mass is 32.1. The molecular weight excluding hydrogens is 524 g/mol. The highest BCUT2D eigenvalue weighted by Crippen LogP contribution is 2.33. The fraction of sp³-hybridized carbons (Fsp3) is 0.281. The van der Waals surface area contributed by atoms with Crippen molar-refractivity contribution in [1.82, 2.24) is 4.57 Å². The SMILES string of the molecule is COc1ccc([C@H]2C(C(=O)OC(C)C)=C(C)N=c3s/c(=C\c4c(OC(C)C)ccc5ccccc45)c(=O)n32)cc1. The van der Waals surface area contributed by atoms with Gasteiger partial charge in [-0.15, -0.1) is 0 Å². The van der Waals surface area contributed by atoms with Crippen LogP contribution in [0.15, 0.2) is 81.7 Å². The molecule has 0 fully saturated rings. The molecule has 0 spiro atoms.